The van der Waals surface area contributed by atoms with E-state index < -0.39 is 16.6 Å². The summed E-state index contributed by atoms with van der Waals surface area (Å²) in [5.41, 5.74) is 2.00. The third-order valence-corrected chi connectivity index (χ3v) is 7.90. The van der Waals surface area contributed by atoms with Crippen LogP contribution in [0.2, 0.25) is 0 Å². The summed E-state index contributed by atoms with van der Waals surface area (Å²) in [4.78, 5) is 13.1. The van der Waals surface area contributed by atoms with E-state index in [0.717, 1.165) is 36.8 Å². The number of fused-ring (bicyclic) bond motifs is 1. The highest BCUT2D eigenvalue weighted by Gasteiger charge is 2.27. The molecule has 1 amide bonds. The number of halogens is 2. The number of alkyl halides is 2. The molecule has 0 aromatic heterocycles. The van der Waals surface area contributed by atoms with Gasteiger partial charge < -0.3 is 10.1 Å². The van der Waals surface area contributed by atoms with Crippen molar-refractivity contribution in [2.24, 2.45) is 0 Å². The van der Waals surface area contributed by atoms with Crippen molar-refractivity contribution in [3.63, 3.8) is 0 Å². The Kier molecular flexibility index (Phi) is 6.76. The number of carbonyl (C=O) groups is 1. The predicted molar refractivity (Wildman–Crippen MR) is 115 cm³/mol. The molecule has 1 aliphatic carbocycles. The molecule has 1 saturated heterocycles. The fourth-order valence-corrected chi connectivity index (χ4v) is 5.97. The first-order valence-corrected chi connectivity index (χ1v) is 12.3. The van der Waals surface area contributed by atoms with E-state index in [4.69, 9.17) is 0 Å². The fourth-order valence-electron chi connectivity index (χ4n) is 4.41. The van der Waals surface area contributed by atoms with Crippen LogP contribution in [0.1, 0.15) is 59.6 Å². The number of benzene rings is 2. The van der Waals surface area contributed by atoms with E-state index in [1.165, 1.54) is 22.5 Å². The minimum Gasteiger partial charge on any atom is -0.435 e. The molecule has 1 atom stereocenters. The monoisotopic (exact) mass is 464 g/mol. The van der Waals surface area contributed by atoms with Crippen LogP contribution in [0.15, 0.2) is 47.4 Å². The lowest BCUT2D eigenvalue weighted by Crippen LogP contribution is -2.36. The van der Waals surface area contributed by atoms with Crippen molar-refractivity contribution in [3.8, 4) is 5.75 Å². The number of hydrogen-bond acceptors (Lipinski definition) is 4. The number of sulfonamides is 1. The third kappa shape index (κ3) is 4.94. The first kappa shape index (κ1) is 22.7. The van der Waals surface area contributed by atoms with Crippen molar-refractivity contribution in [2.75, 3.05) is 13.1 Å². The molecule has 9 heteroatoms. The summed E-state index contributed by atoms with van der Waals surface area (Å²) < 4.78 is 56.9. The van der Waals surface area contributed by atoms with E-state index in [0.29, 0.717) is 25.9 Å². The SMILES string of the molecule is O=C(NC1CCCc2cc(OC(F)F)ccc21)c1cccc(S(=O)(=O)N2CCCCC2)c1. The Morgan fingerprint density at radius 1 is 1.06 bits per heavy atom. The van der Waals surface area contributed by atoms with Crippen LogP contribution in [0, 0.1) is 0 Å². The lowest BCUT2D eigenvalue weighted by molar-refractivity contribution is -0.0499. The number of amides is 1. The normalized spacial score (nSPS) is 19.4. The standard InChI is InChI=1S/C23H26F2N2O4S/c24-23(25)31-18-10-11-20-16(14-18)6-5-9-21(20)26-22(28)17-7-4-8-19(15-17)32(29,30)27-12-2-1-3-13-27/h4,7-8,10-11,14-15,21,23H,1-3,5-6,9,12-13H2,(H,26,28). The van der Waals surface area contributed by atoms with Gasteiger partial charge >= 0.3 is 6.61 Å². The third-order valence-electron chi connectivity index (χ3n) is 6.01. The predicted octanol–water partition coefficient (Wildman–Crippen LogP) is 4.27. The van der Waals surface area contributed by atoms with Crippen LogP contribution in [0.5, 0.6) is 5.75 Å². The molecule has 0 bridgehead atoms. The molecule has 2 aromatic carbocycles. The smallest absolute Gasteiger partial charge is 0.387 e. The Balaban J connectivity index is 1.51. The molecular formula is C23H26F2N2O4S. The highest BCUT2D eigenvalue weighted by atomic mass is 32.2. The van der Waals surface area contributed by atoms with Gasteiger partial charge in [-0.15, -0.1) is 0 Å². The van der Waals surface area contributed by atoms with Crippen LogP contribution in [0.4, 0.5) is 8.78 Å². The van der Waals surface area contributed by atoms with Gasteiger partial charge in [-0.25, -0.2) is 8.42 Å². The van der Waals surface area contributed by atoms with Gasteiger partial charge in [0.05, 0.1) is 10.9 Å². The first-order valence-electron chi connectivity index (χ1n) is 10.8. The fraction of sp³-hybridized carbons (Fsp3) is 0.435. The quantitative estimate of drug-likeness (QED) is 0.693. The molecule has 1 heterocycles. The maximum absolute atomic E-state index is 13.0. The number of nitrogens with zero attached hydrogens (tertiary/aromatic N) is 1. The number of piperidine rings is 1. The average Bonchev–Trinajstić information content (AvgIpc) is 2.79. The Hall–Kier alpha value is -2.52. The molecule has 0 saturated carbocycles. The largest absolute Gasteiger partial charge is 0.435 e. The van der Waals surface area contributed by atoms with Crippen molar-refractivity contribution in [1.82, 2.24) is 9.62 Å². The van der Waals surface area contributed by atoms with Crippen molar-refractivity contribution < 1.29 is 26.7 Å². The molecule has 2 aliphatic rings. The van der Waals surface area contributed by atoms with E-state index >= 15 is 0 Å². The zero-order valence-corrected chi connectivity index (χ0v) is 18.4. The van der Waals surface area contributed by atoms with E-state index in [1.807, 2.05) is 0 Å². The molecule has 32 heavy (non-hydrogen) atoms. The lowest BCUT2D eigenvalue weighted by Gasteiger charge is -2.27. The van der Waals surface area contributed by atoms with Gasteiger partial charge in [0.15, 0.2) is 0 Å². The highest BCUT2D eigenvalue weighted by molar-refractivity contribution is 7.89. The van der Waals surface area contributed by atoms with Gasteiger partial charge in [-0.1, -0.05) is 18.6 Å². The van der Waals surface area contributed by atoms with Gasteiger partial charge in [0.2, 0.25) is 10.0 Å². The zero-order chi connectivity index (χ0) is 22.7. The van der Waals surface area contributed by atoms with Crippen molar-refractivity contribution >= 4 is 15.9 Å². The summed E-state index contributed by atoms with van der Waals surface area (Å²) in [5.74, 6) is -0.271. The van der Waals surface area contributed by atoms with Crippen LogP contribution in [-0.4, -0.2) is 38.3 Å². The maximum atomic E-state index is 13.0. The molecule has 2 aromatic rings. The molecule has 1 aliphatic heterocycles. The van der Waals surface area contributed by atoms with Crippen molar-refractivity contribution in [1.29, 1.82) is 0 Å². The topological polar surface area (TPSA) is 75.7 Å². The lowest BCUT2D eigenvalue weighted by atomic mass is 9.87. The van der Waals surface area contributed by atoms with Gasteiger partial charge in [0, 0.05) is 18.7 Å². The molecule has 6 nitrogen and oxygen atoms in total. The first-order chi connectivity index (χ1) is 15.3. The number of ether oxygens (including phenoxy) is 1. The van der Waals surface area contributed by atoms with Crippen LogP contribution >= 0.6 is 0 Å². The second-order valence-electron chi connectivity index (χ2n) is 8.15. The average molecular weight is 465 g/mol. The Bertz CT molecular complexity index is 1090. The Morgan fingerprint density at radius 2 is 1.84 bits per heavy atom. The van der Waals surface area contributed by atoms with Crippen LogP contribution in [-0.2, 0) is 16.4 Å². The number of rotatable bonds is 6. The summed E-state index contributed by atoms with van der Waals surface area (Å²) >= 11 is 0. The molecule has 172 valence electrons. The van der Waals surface area contributed by atoms with Gasteiger partial charge in [-0.2, -0.15) is 13.1 Å². The number of aryl methyl sites for hydroxylation is 1. The van der Waals surface area contributed by atoms with Gasteiger partial charge in [-0.05, 0) is 73.6 Å². The van der Waals surface area contributed by atoms with Crippen molar-refractivity contribution in [3.05, 3.63) is 59.2 Å². The van der Waals surface area contributed by atoms with Crippen LogP contribution in [0.3, 0.4) is 0 Å². The van der Waals surface area contributed by atoms with Gasteiger partial charge in [0.1, 0.15) is 5.75 Å². The molecule has 1 unspecified atom stereocenters. The summed E-state index contributed by atoms with van der Waals surface area (Å²) in [6.45, 7) is -1.90. The van der Waals surface area contributed by atoms with Gasteiger partial charge in [-0.3, -0.25) is 4.79 Å². The zero-order valence-electron chi connectivity index (χ0n) is 17.6. The van der Waals surface area contributed by atoms with Crippen LogP contribution in [0.25, 0.3) is 0 Å². The van der Waals surface area contributed by atoms with E-state index in [1.54, 1.807) is 24.3 Å². The summed E-state index contributed by atoms with van der Waals surface area (Å²) in [6, 6.07) is 10.6. The second-order valence-corrected chi connectivity index (χ2v) is 10.1. The molecule has 1 fully saturated rings. The molecule has 4 rings (SSSR count). The van der Waals surface area contributed by atoms with Crippen LogP contribution < -0.4 is 10.1 Å². The number of hydrogen-bond donors (Lipinski definition) is 1. The van der Waals surface area contributed by atoms with Gasteiger partial charge in [0.25, 0.3) is 5.91 Å². The second kappa shape index (κ2) is 9.54. The van der Waals surface area contributed by atoms with E-state index in [2.05, 4.69) is 10.1 Å². The maximum Gasteiger partial charge on any atom is 0.387 e. The molecular weight excluding hydrogens is 438 g/mol. The van der Waals surface area contributed by atoms with Crippen molar-refractivity contribution in [2.45, 2.75) is 56.1 Å². The molecule has 0 radical (unpaired) electrons. The minimum absolute atomic E-state index is 0.0985. The van der Waals surface area contributed by atoms with E-state index in [-0.39, 0.29) is 28.2 Å². The number of carbonyl (C=O) groups excluding carboxylic acids is 1. The minimum atomic E-state index is -3.64. The summed E-state index contributed by atoms with van der Waals surface area (Å²) in [5, 5.41) is 2.97. The highest BCUT2D eigenvalue weighted by Crippen LogP contribution is 2.33. The Labute approximate surface area is 186 Å². The molecule has 1 N–H and O–H groups in total. The molecule has 0 spiro atoms. The van der Waals surface area contributed by atoms with E-state index in [9.17, 15) is 22.0 Å². The summed E-state index contributed by atoms with van der Waals surface area (Å²) in [7, 11) is -3.64. The summed E-state index contributed by atoms with van der Waals surface area (Å²) in [6.07, 6.45) is 4.91. The Morgan fingerprint density at radius 3 is 2.59 bits per heavy atom. The number of nitrogens with one attached hydrogen (secondary N) is 1.